The van der Waals surface area contributed by atoms with Crippen molar-refractivity contribution in [2.45, 2.75) is 59.3 Å². The maximum atomic E-state index is 12.1. The first-order valence-corrected chi connectivity index (χ1v) is 8.07. The smallest absolute Gasteiger partial charge is 0.245 e. The minimum atomic E-state index is -0.242. The third-order valence-electron chi connectivity index (χ3n) is 3.33. The first kappa shape index (κ1) is 18.2. The quantitative estimate of drug-likeness (QED) is 0.674. The van der Waals surface area contributed by atoms with Gasteiger partial charge in [-0.1, -0.05) is 38.3 Å². The van der Waals surface area contributed by atoms with Gasteiger partial charge in [0, 0.05) is 19.0 Å². The van der Waals surface area contributed by atoms with Crippen LogP contribution in [0.2, 0.25) is 0 Å². The summed E-state index contributed by atoms with van der Waals surface area (Å²) in [5.41, 5.74) is 0. The fourth-order valence-corrected chi connectivity index (χ4v) is 2.17. The number of rotatable bonds is 10. The molecule has 1 aromatic rings. The molecule has 6 heteroatoms. The third-order valence-corrected chi connectivity index (χ3v) is 3.33. The van der Waals surface area contributed by atoms with Crippen molar-refractivity contribution in [3.63, 3.8) is 0 Å². The highest BCUT2D eigenvalue weighted by atomic mass is 16.5. The highest BCUT2D eigenvalue weighted by molar-refractivity contribution is 5.93. The Morgan fingerprint density at radius 1 is 1.23 bits per heavy atom. The minimum absolute atomic E-state index is 0.0329. The molecule has 0 saturated heterocycles. The van der Waals surface area contributed by atoms with E-state index < -0.39 is 0 Å². The Labute approximate surface area is 132 Å². The van der Waals surface area contributed by atoms with Gasteiger partial charge in [-0.25, -0.2) is 0 Å². The summed E-state index contributed by atoms with van der Waals surface area (Å²) in [5, 5.41) is 6.37. The fourth-order valence-electron chi connectivity index (χ4n) is 2.17. The monoisotopic (exact) mass is 309 g/mol. The second kappa shape index (κ2) is 9.97. The van der Waals surface area contributed by atoms with Crippen molar-refractivity contribution in [3.05, 3.63) is 11.8 Å². The van der Waals surface area contributed by atoms with Crippen LogP contribution in [0.25, 0.3) is 0 Å². The van der Waals surface area contributed by atoms with Gasteiger partial charge in [0.2, 0.25) is 11.8 Å². The van der Waals surface area contributed by atoms with Crippen molar-refractivity contribution in [1.29, 1.82) is 0 Å². The minimum Gasteiger partial charge on any atom is -0.360 e. The van der Waals surface area contributed by atoms with E-state index in [2.05, 4.69) is 17.4 Å². The molecule has 0 bridgehead atoms. The molecule has 0 aliphatic heterocycles. The summed E-state index contributed by atoms with van der Waals surface area (Å²) >= 11 is 0. The summed E-state index contributed by atoms with van der Waals surface area (Å²) in [7, 11) is 0. The SMILES string of the molecule is CCCCCCN(CC(=O)Nc1cc(C)on1)C(=O)CCC. The average molecular weight is 309 g/mol. The number of aryl methyl sites for hydroxylation is 1. The van der Waals surface area contributed by atoms with Crippen LogP contribution < -0.4 is 5.32 Å². The molecule has 1 heterocycles. The predicted octanol–water partition coefficient (Wildman–Crippen LogP) is 3.13. The molecule has 0 unspecified atom stereocenters. The molecule has 6 nitrogen and oxygen atoms in total. The van der Waals surface area contributed by atoms with Gasteiger partial charge in [0.1, 0.15) is 5.76 Å². The number of carbonyl (C=O) groups is 2. The summed E-state index contributed by atoms with van der Waals surface area (Å²) in [6.07, 6.45) is 5.57. The predicted molar refractivity (Wildman–Crippen MR) is 85.5 cm³/mol. The van der Waals surface area contributed by atoms with E-state index in [0.717, 1.165) is 32.1 Å². The van der Waals surface area contributed by atoms with Crippen LogP contribution in [0.1, 0.15) is 58.1 Å². The first-order chi connectivity index (χ1) is 10.6. The van der Waals surface area contributed by atoms with Crippen molar-refractivity contribution in [2.24, 2.45) is 0 Å². The molecular weight excluding hydrogens is 282 g/mol. The number of aromatic nitrogens is 1. The molecule has 0 fully saturated rings. The van der Waals surface area contributed by atoms with E-state index in [1.807, 2.05) is 6.92 Å². The molecule has 0 aliphatic carbocycles. The van der Waals surface area contributed by atoms with E-state index in [0.29, 0.717) is 24.5 Å². The summed E-state index contributed by atoms with van der Waals surface area (Å²) in [6, 6.07) is 1.65. The Morgan fingerprint density at radius 3 is 2.59 bits per heavy atom. The Hall–Kier alpha value is -1.85. The van der Waals surface area contributed by atoms with Crippen LogP contribution in [-0.4, -0.2) is 35.0 Å². The Kier molecular flexibility index (Phi) is 8.25. The van der Waals surface area contributed by atoms with Crippen molar-refractivity contribution >= 4 is 17.6 Å². The van der Waals surface area contributed by atoms with Crippen LogP contribution in [0.15, 0.2) is 10.6 Å². The van der Waals surface area contributed by atoms with Gasteiger partial charge in [0.05, 0.1) is 6.54 Å². The highest BCUT2D eigenvalue weighted by Gasteiger charge is 2.17. The van der Waals surface area contributed by atoms with Gasteiger partial charge in [-0.05, 0) is 19.8 Å². The molecule has 2 amide bonds. The molecule has 1 rings (SSSR count). The first-order valence-electron chi connectivity index (χ1n) is 8.07. The largest absolute Gasteiger partial charge is 0.360 e. The maximum absolute atomic E-state index is 12.1. The fraction of sp³-hybridized carbons (Fsp3) is 0.688. The lowest BCUT2D eigenvalue weighted by Gasteiger charge is -2.21. The Morgan fingerprint density at radius 2 is 2.00 bits per heavy atom. The normalized spacial score (nSPS) is 10.5. The lowest BCUT2D eigenvalue weighted by atomic mass is 10.2. The van der Waals surface area contributed by atoms with E-state index in [1.54, 1.807) is 17.9 Å². The number of hydrogen-bond donors (Lipinski definition) is 1. The van der Waals surface area contributed by atoms with Crippen molar-refractivity contribution in [1.82, 2.24) is 10.1 Å². The molecule has 22 heavy (non-hydrogen) atoms. The van der Waals surface area contributed by atoms with Gasteiger partial charge in [-0.15, -0.1) is 0 Å². The molecule has 0 radical (unpaired) electrons. The average Bonchev–Trinajstić information content (AvgIpc) is 2.87. The van der Waals surface area contributed by atoms with Crippen LogP contribution in [0.4, 0.5) is 5.82 Å². The zero-order valence-electron chi connectivity index (χ0n) is 13.9. The molecule has 0 aromatic carbocycles. The van der Waals surface area contributed by atoms with Crippen LogP contribution in [0, 0.1) is 6.92 Å². The number of anilines is 1. The molecule has 0 spiro atoms. The van der Waals surface area contributed by atoms with Crippen LogP contribution in [0.3, 0.4) is 0 Å². The van der Waals surface area contributed by atoms with Crippen LogP contribution in [0.5, 0.6) is 0 Å². The van der Waals surface area contributed by atoms with E-state index in [9.17, 15) is 9.59 Å². The number of unbranched alkanes of at least 4 members (excludes halogenated alkanes) is 3. The number of nitrogens with one attached hydrogen (secondary N) is 1. The molecule has 1 aromatic heterocycles. The van der Waals surface area contributed by atoms with Crippen LogP contribution in [-0.2, 0) is 9.59 Å². The third kappa shape index (κ3) is 6.74. The van der Waals surface area contributed by atoms with Gasteiger partial charge in [-0.2, -0.15) is 0 Å². The highest BCUT2D eigenvalue weighted by Crippen LogP contribution is 2.08. The molecular formula is C16H27N3O3. The van der Waals surface area contributed by atoms with Crippen LogP contribution >= 0.6 is 0 Å². The van der Waals surface area contributed by atoms with Gasteiger partial charge >= 0.3 is 0 Å². The van der Waals surface area contributed by atoms with Gasteiger partial charge < -0.3 is 14.7 Å². The number of carbonyl (C=O) groups excluding carboxylic acids is 2. The topological polar surface area (TPSA) is 75.4 Å². The van der Waals surface area contributed by atoms with E-state index in [-0.39, 0.29) is 18.4 Å². The maximum Gasteiger partial charge on any atom is 0.245 e. The summed E-state index contributed by atoms with van der Waals surface area (Å²) in [6.45, 7) is 6.56. The summed E-state index contributed by atoms with van der Waals surface area (Å²) in [4.78, 5) is 25.8. The zero-order valence-corrected chi connectivity index (χ0v) is 13.9. The second-order valence-electron chi connectivity index (χ2n) is 5.50. The molecule has 1 N–H and O–H groups in total. The van der Waals surface area contributed by atoms with Gasteiger partial charge in [0.25, 0.3) is 0 Å². The molecule has 0 saturated carbocycles. The standard InChI is InChI=1S/C16H27N3O3/c1-4-6-7-8-10-19(16(21)9-5-2)12-15(20)17-14-11-13(3)22-18-14/h11H,4-10,12H2,1-3H3,(H,17,18,20). The van der Waals surface area contributed by atoms with Crippen molar-refractivity contribution < 1.29 is 14.1 Å². The Balaban J connectivity index is 2.50. The number of hydrogen-bond acceptors (Lipinski definition) is 4. The number of nitrogens with zero attached hydrogens (tertiary/aromatic N) is 2. The number of amides is 2. The molecule has 0 atom stereocenters. The van der Waals surface area contributed by atoms with E-state index in [1.165, 1.54) is 0 Å². The van der Waals surface area contributed by atoms with Crippen molar-refractivity contribution in [2.75, 3.05) is 18.4 Å². The van der Waals surface area contributed by atoms with Crippen molar-refractivity contribution in [3.8, 4) is 0 Å². The van der Waals surface area contributed by atoms with E-state index >= 15 is 0 Å². The second-order valence-corrected chi connectivity index (χ2v) is 5.50. The zero-order chi connectivity index (χ0) is 16.4. The summed E-state index contributed by atoms with van der Waals surface area (Å²) in [5.74, 6) is 0.809. The lowest BCUT2D eigenvalue weighted by molar-refractivity contribution is -0.134. The Bertz CT molecular complexity index is 471. The molecule has 124 valence electrons. The summed E-state index contributed by atoms with van der Waals surface area (Å²) < 4.78 is 4.90. The van der Waals surface area contributed by atoms with Gasteiger partial charge in [0.15, 0.2) is 5.82 Å². The molecule has 0 aliphatic rings. The lowest BCUT2D eigenvalue weighted by Crippen LogP contribution is -2.38. The van der Waals surface area contributed by atoms with E-state index in [4.69, 9.17) is 4.52 Å². The van der Waals surface area contributed by atoms with Gasteiger partial charge in [-0.3, -0.25) is 9.59 Å².